The summed E-state index contributed by atoms with van der Waals surface area (Å²) in [5, 5.41) is 2.91. The van der Waals surface area contributed by atoms with Gasteiger partial charge in [0, 0.05) is 0 Å². The third-order valence-electron chi connectivity index (χ3n) is 3.96. The van der Waals surface area contributed by atoms with E-state index < -0.39 is 6.10 Å². The lowest BCUT2D eigenvalue weighted by molar-refractivity contribution is -0.128. The topological polar surface area (TPSA) is 56.8 Å². The molecule has 0 saturated carbocycles. The summed E-state index contributed by atoms with van der Waals surface area (Å²) in [4.78, 5) is 12.3. The van der Waals surface area contributed by atoms with Gasteiger partial charge in [0.2, 0.25) is 0 Å². The maximum absolute atomic E-state index is 12.3. The molecule has 2 rings (SSSR count). The Balaban J connectivity index is 1.82. The minimum absolute atomic E-state index is 0.144. The highest BCUT2D eigenvalue weighted by atomic mass is 16.5. The van der Waals surface area contributed by atoms with Gasteiger partial charge in [-0.1, -0.05) is 12.1 Å². The lowest BCUT2D eigenvalue weighted by Gasteiger charge is -2.20. The third-order valence-corrected chi connectivity index (χ3v) is 3.96. The molecule has 26 heavy (non-hydrogen) atoms. The van der Waals surface area contributed by atoms with Gasteiger partial charge in [0.25, 0.3) is 5.91 Å². The largest absolute Gasteiger partial charge is 0.497 e. The van der Waals surface area contributed by atoms with Gasteiger partial charge < -0.3 is 19.5 Å². The summed E-state index contributed by atoms with van der Waals surface area (Å²) in [5.41, 5.74) is 2.10. The molecule has 1 N–H and O–H groups in total. The van der Waals surface area contributed by atoms with Gasteiger partial charge in [0.05, 0.1) is 13.2 Å². The second-order valence-electron chi connectivity index (χ2n) is 6.43. The van der Waals surface area contributed by atoms with Gasteiger partial charge in [-0.25, -0.2) is 0 Å². The van der Waals surface area contributed by atoms with Crippen LogP contribution >= 0.6 is 0 Å². The minimum atomic E-state index is -0.584. The zero-order valence-electron chi connectivity index (χ0n) is 16.0. The Labute approximate surface area is 155 Å². The molecule has 2 aromatic carbocycles. The summed E-state index contributed by atoms with van der Waals surface area (Å²) >= 11 is 0. The zero-order valence-corrected chi connectivity index (χ0v) is 16.0. The van der Waals surface area contributed by atoms with Crippen LogP contribution < -0.4 is 19.5 Å². The first-order chi connectivity index (χ1) is 12.4. The van der Waals surface area contributed by atoms with Crippen LogP contribution in [-0.4, -0.2) is 31.8 Å². The summed E-state index contributed by atoms with van der Waals surface area (Å²) in [6.45, 7) is 7.97. The number of amides is 1. The first kappa shape index (κ1) is 19.6. The first-order valence-electron chi connectivity index (χ1n) is 8.70. The van der Waals surface area contributed by atoms with Crippen molar-refractivity contribution in [1.29, 1.82) is 0 Å². The van der Waals surface area contributed by atoms with Crippen LogP contribution in [0, 0.1) is 13.8 Å². The van der Waals surface area contributed by atoms with E-state index in [2.05, 4.69) is 5.32 Å². The van der Waals surface area contributed by atoms with Crippen molar-refractivity contribution in [2.75, 3.05) is 13.7 Å². The highest BCUT2D eigenvalue weighted by molar-refractivity contribution is 5.81. The van der Waals surface area contributed by atoms with Crippen molar-refractivity contribution in [2.24, 2.45) is 0 Å². The number of rotatable bonds is 8. The number of carbonyl (C=O) groups is 1. The summed E-state index contributed by atoms with van der Waals surface area (Å²) in [7, 11) is 1.62. The second kappa shape index (κ2) is 9.13. The molecule has 1 amide bonds. The Kier molecular flexibility index (Phi) is 6.89. The molecule has 0 radical (unpaired) electrons. The van der Waals surface area contributed by atoms with Crippen LogP contribution in [0.15, 0.2) is 42.5 Å². The van der Waals surface area contributed by atoms with E-state index in [0.717, 1.165) is 28.4 Å². The maximum Gasteiger partial charge on any atom is 0.261 e. The van der Waals surface area contributed by atoms with Crippen LogP contribution in [0.4, 0.5) is 0 Å². The van der Waals surface area contributed by atoms with Gasteiger partial charge >= 0.3 is 0 Å². The van der Waals surface area contributed by atoms with E-state index >= 15 is 0 Å². The zero-order chi connectivity index (χ0) is 19.1. The number of hydrogen-bond donors (Lipinski definition) is 1. The van der Waals surface area contributed by atoms with Gasteiger partial charge in [-0.05, 0) is 69.2 Å². The van der Waals surface area contributed by atoms with Crippen LogP contribution in [0.5, 0.6) is 17.2 Å². The Morgan fingerprint density at radius 3 is 2.35 bits per heavy atom. The Bertz CT molecular complexity index is 727. The molecule has 0 spiro atoms. The van der Waals surface area contributed by atoms with Crippen LogP contribution in [0.1, 0.15) is 25.0 Å². The quantitative estimate of drug-likeness (QED) is 0.783. The number of nitrogens with one attached hydrogen (secondary N) is 1. The molecule has 2 atom stereocenters. The van der Waals surface area contributed by atoms with E-state index in [1.165, 1.54) is 0 Å². The van der Waals surface area contributed by atoms with Crippen LogP contribution in [0.3, 0.4) is 0 Å². The number of hydrogen-bond acceptors (Lipinski definition) is 4. The predicted molar refractivity (Wildman–Crippen MR) is 102 cm³/mol. The molecule has 0 unspecified atom stereocenters. The van der Waals surface area contributed by atoms with Gasteiger partial charge in [0.15, 0.2) is 6.10 Å². The van der Waals surface area contributed by atoms with E-state index in [1.807, 2.05) is 63.2 Å². The molecule has 0 aromatic heterocycles. The van der Waals surface area contributed by atoms with E-state index in [0.29, 0.717) is 6.61 Å². The minimum Gasteiger partial charge on any atom is -0.497 e. The Morgan fingerprint density at radius 2 is 1.69 bits per heavy atom. The molecule has 2 aromatic rings. The van der Waals surface area contributed by atoms with Crippen molar-refractivity contribution >= 4 is 5.91 Å². The fraction of sp³-hybridized carbons (Fsp3) is 0.381. The van der Waals surface area contributed by atoms with Crippen molar-refractivity contribution in [3.05, 3.63) is 53.6 Å². The number of carbonyl (C=O) groups excluding carboxylic acids is 1. The number of benzene rings is 2. The van der Waals surface area contributed by atoms with Gasteiger partial charge in [0.1, 0.15) is 23.9 Å². The number of ether oxygens (including phenoxy) is 3. The monoisotopic (exact) mass is 357 g/mol. The molecule has 0 fully saturated rings. The third kappa shape index (κ3) is 5.69. The number of aryl methyl sites for hydroxylation is 2. The fourth-order valence-corrected chi connectivity index (χ4v) is 2.37. The van der Waals surface area contributed by atoms with E-state index in [9.17, 15) is 4.79 Å². The standard InChI is InChI=1S/C21H27NO4/c1-14-6-7-15(2)20(12-14)26-17(4)21(23)22-16(3)13-25-19-10-8-18(24-5)9-11-19/h6-12,16-17H,13H2,1-5H3,(H,22,23)/t16-,17+/m1/s1. The van der Waals surface area contributed by atoms with Crippen molar-refractivity contribution in [1.82, 2.24) is 5.32 Å². The molecular formula is C21H27NO4. The van der Waals surface area contributed by atoms with Crippen molar-refractivity contribution in [3.8, 4) is 17.2 Å². The fourth-order valence-electron chi connectivity index (χ4n) is 2.37. The summed E-state index contributed by atoms with van der Waals surface area (Å²) in [6, 6.07) is 13.1. The average Bonchev–Trinajstić information content (AvgIpc) is 2.63. The average molecular weight is 357 g/mol. The molecule has 5 nitrogen and oxygen atoms in total. The normalized spacial score (nSPS) is 12.8. The molecule has 0 aliphatic rings. The predicted octanol–water partition coefficient (Wildman–Crippen LogP) is 3.66. The smallest absolute Gasteiger partial charge is 0.261 e. The molecule has 0 bridgehead atoms. The van der Waals surface area contributed by atoms with Gasteiger partial charge in [-0.2, -0.15) is 0 Å². The van der Waals surface area contributed by atoms with Gasteiger partial charge in [-0.3, -0.25) is 4.79 Å². The highest BCUT2D eigenvalue weighted by Crippen LogP contribution is 2.20. The molecule has 0 heterocycles. The highest BCUT2D eigenvalue weighted by Gasteiger charge is 2.18. The molecule has 0 aliphatic carbocycles. The molecule has 0 aliphatic heterocycles. The van der Waals surface area contributed by atoms with Crippen LogP contribution in [-0.2, 0) is 4.79 Å². The maximum atomic E-state index is 12.3. The van der Waals surface area contributed by atoms with E-state index in [4.69, 9.17) is 14.2 Å². The SMILES string of the molecule is COc1ccc(OC[C@@H](C)NC(=O)[C@H](C)Oc2cc(C)ccc2C)cc1. The van der Waals surface area contributed by atoms with Crippen molar-refractivity contribution < 1.29 is 19.0 Å². The second-order valence-corrected chi connectivity index (χ2v) is 6.43. The van der Waals surface area contributed by atoms with Crippen molar-refractivity contribution in [3.63, 3.8) is 0 Å². The van der Waals surface area contributed by atoms with Crippen LogP contribution in [0.25, 0.3) is 0 Å². The van der Waals surface area contributed by atoms with E-state index in [-0.39, 0.29) is 11.9 Å². The molecule has 0 saturated heterocycles. The summed E-state index contributed by atoms with van der Waals surface area (Å²) in [5.74, 6) is 2.06. The van der Waals surface area contributed by atoms with Crippen LogP contribution in [0.2, 0.25) is 0 Å². The lowest BCUT2D eigenvalue weighted by Crippen LogP contribution is -2.43. The summed E-state index contributed by atoms with van der Waals surface area (Å²) in [6.07, 6.45) is -0.584. The molecule has 5 heteroatoms. The Hall–Kier alpha value is -2.69. The first-order valence-corrected chi connectivity index (χ1v) is 8.70. The van der Waals surface area contributed by atoms with E-state index in [1.54, 1.807) is 14.0 Å². The Morgan fingerprint density at radius 1 is 1.04 bits per heavy atom. The molecule has 140 valence electrons. The lowest BCUT2D eigenvalue weighted by atomic mass is 10.1. The number of methoxy groups -OCH3 is 1. The summed E-state index contributed by atoms with van der Waals surface area (Å²) < 4.78 is 16.6. The van der Waals surface area contributed by atoms with Gasteiger partial charge in [-0.15, -0.1) is 0 Å². The van der Waals surface area contributed by atoms with Crippen molar-refractivity contribution in [2.45, 2.75) is 39.8 Å². The molecular weight excluding hydrogens is 330 g/mol.